The molecule has 98 valence electrons. The summed E-state index contributed by atoms with van der Waals surface area (Å²) in [6.45, 7) is 4.95. The van der Waals surface area contributed by atoms with Crippen LogP contribution in [-0.2, 0) is 6.42 Å². The van der Waals surface area contributed by atoms with Crippen molar-refractivity contribution in [3.63, 3.8) is 0 Å². The molecule has 4 heteroatoms. The number of para-hydroxylation sites is 1. The van der Waals surface area contributed by atoms with Crippen LogP contribution in [0.3, 0.4) is 0 Å². The van der Waals surface area contributed by atoms with E-state index in [1.807, 2.05) is 12.1 Å². The lowest BCUT2D eigenvalue weighted by atomic mass is 10.1. The van der Waals surface area contributed by atoms with Gasteiger partial charge in [-0.15, -0.1) is 0 Å². The van der Waals surface area contributed by atoms with E-state index in [1.54, 1.807) is 7.05 Å². The average molecular weight is 247 g/mol. The predicted molar refractivity (Wildman–Crippen MR) is 74.2 cm³/mol. The molecule has 1 aromatic carbocycles. The van der Waals surface area contributed by atoms with Gasteiger partial charge in [-0.3, -0.25) is 4.99 Å². The van der Waals surface area contributed by atoms with Crippen molar-refractivity contribution in [2.24, 2.45) is 4.99 Å². The van der Waals surface area contributed by atoms with Gasteiger partial charge in [0.05, 0.1) is 6.54 Å². The zero-order valence-corrected chi connectivity index (χ0v) is 11.2. The summed E-state index contributed by atoms with van der Waals surface area (Å²) in [7, 11) is 1.78. The van der Waals surface area contributed by atoms with Crippen LogP contribution in [0, 0.1) is 0 Å². The zero-order chi connectivity index (χ0) is 13.0. The molecule has 0 aromatic heterocycles. The smallest absolute Gasteiger partial charge is 0.191 e. The lowest BCUT2D eigenvalue weighted by Gasteiger charge is -2.17. The highest BCUT2D eigenvalue weighted by Crippen LogP contribution is 2.27. The molecule has 0 bridgehead atoms. The molecule has 0 aliphatic carbocycles. The Morgan fingerprint density at radius 2 is 2.22 bits per heavy atom. The van der Waals surface area contributed by atoms with Gasteiger partial charge in [0.1, 0.15) is 11.9 Å². The first-order valence-electron chi connectivity index (χ1n) is 6.40. The summed E-state index contributed by atoms with van der Waals surface area (Å²) >= 11 is 0. The molecule has 0 radical (unpaired) electrons. The highest BCUT2D eigenvalue weighted by Gasteiger charge is 2.22. The molecular formula is C14H21N3O. The van der Waals surface area contributed by atoms with Gasteiger partial charge in [-0.1, -0.05) is 18.2 Å². The van der Waals surface area contributed by atoms with Crippen LogP contribution >= 0.6 is 0 Å². The second-order valence-corrected chi connectivity index (χ2v) is 4.80. The SMILES string of the molecule is CN=C(NCC1Cc2ccccc2O1)NC(C)C. The van der Waals surface area contributed by atoms with Crippen molar-refractivity contribution in [3.8, 4) is 5.75 Å². The number of hydrogen-bond donors (Lipinski definition) is 2. The largest absolute Gasteiger partial charge is 0.488 e. The molecular weight excluding hydrogens is 226 g/mol. The van der Waals surface area contributed by atoms with Crippen LogP contribution < -0.4 is 15.4 Å². The number of ether oxygens (including phenoxy) is 1. The van der Waals surface area contributed by atoms with Gasteiger partial charge in [0.2, 0.25) is 0 Å². The standard InChI is InChI=1S/C14H21N3O/c1-10(2)17-14(15-3)16-9-12-8-11-6-4-5-7-13(11)18-12/h4-7,10,12H,8-9H2,1-3H3,(H2,15,16,17). The van der Waals surface area contributed by atoms with E-state index in [0.29, 0.717) is 6.04 Å². The maximum absolute atomic E-state index is 5.86. The third-order valence-corrected chi connectivity index (χ3v) is 2.86. The Kier molecular flexibility index (Phi) is 4.07. The fourth-order valence-electron chi connectivity index (χ4n) is 2.05. The Bertz CT molecular complexity index is 404. The van der Waals surface area contributed by atoms with Gasteiger partial charge in [0, 0.05) is 19.5 Å². The number of benzene rings is 1. The molecule has 1 aliphatic heterocycles. The van der Waals surface area contributed by atoms with E-state index in [2.05, 4.69) is 41.6 Å². The van der Waals surface area contributed by atoms with Crippen LogP contribution in [0.5, 0.6) is 5.75 Å². The van der Waals surface area contributed by atoms with Gasteiger partial charge in [-0.25, -0.2) is 0 Å². The first-order valence-corrected chi connectivity index (χ1v) is 6.40. The molecule has 1 aromatic rings. The molecule has 0 amide bonds. The van der Waals surface area contributed by atoms with Crippen molar-refractivity contribution < 1.29 is 4.74 Å². The summed E-state index contributed by atoms with van der Waals surface area (Å²) < 4.78 is 5.86. The van der Waals surface area contributed by atoms with E-state index >= 15 is 0 Å². The molecule has 2 rings (SSSR count). The Morgan fingerprint density at radius 3 is 2.89 bits per heavy atom. The van der Waals surface area contributed by atoms with Crippen LogP contribution in [0.2, 0.25) is 0 Å². The van der Waals surface area contributed by atoms with Crippen LogP contribution in [0.25, 0.3) is 0 Å². The number of fused-ring (bicyclic) bond motifs is 1. The van der Waals surface area contributed by atoms with Crippen molar-refractivity contribution in [1.29, 1.82) is 0 Å². The summed E-state index contributed by atoms with van der Waals surface area (Å²) in [6.07, 6.45) is 1.15. The third kappa shape index (κ3) is 3.15. The fourth-order valence-corrected chi connectivity index (χ4v) is 2.05. The van der Waals surface area contributed by atoms with E-state index in [1.165, 1.54) is 5.56 Å². The van der Waals surface area contributed by atoms with Crippen molar-refractivity contribution in [1.82, 2.24) is 10.6 Å². The first kappa shape index (κ1) is 12.7. The average Bonchev–Trinajstić information content (AvgIpc) is 2.76. The highest BCUT2D eigenvalue weighted by atomic mass is 16.5. The van der Waals surface area contributed by atoms with Gasteiger partial charge in [-0.2, -0.15) is 0 Å². The van der Waals surface area contributed by atoms with E-state index < -0.39 is 0 Å². The normalized spacial score (nSPS) is 18.4. The molecule has 1 aliphatic rings. The molecule has 1 heterocycles. The molecule has 1 atom stereocenters. The Labute approximate surface area is 108 Å². The number of guanidine groups is 1. The van der Waals surface area contributed by atoms with E-state index in [4.69, 9.17) is 4.74 Å². The van der Waals surface area contributed by atoms with E-state index in [0.717, 1.165) is 24.7 Å². The minimum atomic E-state index is 0.188. The van der Waals surface area contributed by atoms with Gasteiger partial charge in [0.25, 0.3) is 0 Å². The fraction of sp³-hybridized carbons (Fsp3) is 0.500. The van der Waals surface area contributed by atoms with Crippen molar-refractivity contribution in [3.05, 3.63) is 29.8 Å². The van der Waals surface area contributed by atoms with Crippen molar-refractivity contribution >= 4 is 5.96 Å². The summed E-state index contributed by atoms with van der Waals surface area (Å²) in [5.41, 5.74) is 1.29. The van der Waals surface area contributed by atoms with E-state index in [-0.39, 0.29) is 6.10 Å². The Balaban J connectivity index is 1.83. The van der Waals surface area contributed by atoms with Gasteiger partial charge in [-0.05, 0) is 25.5 Å². The second kappa shape index (κ2) is 5.76. The lowest BCUT2D eigenvalue weighted by Crippen LogP contribution is -2.44. The summed E-state index contributed by atoms with van der Waals surface area (Å²) in [5, 5.41) is 6.55. The van der Waals surface area contributed by atoms with Crippen LogP contribution in [0.15, 0.2) is 29.3 Å². The molecule has 0 saturated heterocycles. The zero-order valence-electron chi connectivity index (χ0n) is 11.2. The number of hydrogen-bond acceptors (Lipinski definition) is 2. The van der Waals surface area contributed by atoms with Gasteiger partial charge >= 0.3 is 0 Å². The number of rotatable bonds is 3. The first-order chi connectivity index (χ1) is 8.69. The summed E-state index contributed by atoms with van der Waals surface area (Å²) in [4.78, 5) is 4.18. The Hall–Kier alpha value is -1.71. The Morgan fingerprint density at radius 1 is 1.44 bits per heavy atom. The molecule has 0 spiro atoms. The van der Waals surface area contributed by atoms with Crippen LogP contribution in [0.4, 0.5) is 0 Å². The topological polar surface area (TPSA) is 45.7 Å². The quantitative estimate of drug-likeness (QED) is 0.629. The maximum Gasteiger partial charge on any atom is 0.191 e. The van der Waals surface area contributed by atoms with Crippen molar-refractivity contribution in [2.75, 3.05) is 13.6 Å². The number of nitrogens with one attached hydrogen (secondary N) is 2. The van der Waals surface area contributed by atoms with Crippen LogP contribution in [0.1, 0.15) is 19.4 Å². The second-order valence-electron chi connectivity index (χ2n) is 4.80. The molecule has 18 heavy (non-hydrogen) atoms. The van der Waals surface area contributed by atoms with Gasteiger partial charge in [0.15, 0.2) is 5.96 Å². The number of aliphatic imine (C=N–C) groups is 1. The minimum absolute atomic E-state index is 0.188. The van der Waals surface area contributed by atoms with E-state index in [9.17, 15) is 0 Å². The summed E-state index contributed by atoms with van der Waals surface area (Å²) in [6, 6.07) is 8.58. The summed E-state index contributed by atoms with van der Waals surface area (Å²) in [5.74, 6) is 1.83. The van der Waals surface area contributed by atoms with Crippen LogP contribution in [-0.4, -0.2) is 31.7 Å². The van der Waals surface area contributed by atoms with Gasteiger partial charge < -0.3 is 15.4 Å². The molecule has 0 saturated carbocycles. The molecule has 1 unspecified atom stereocenters. The predicted octanol–water partition coefficient (Wildman–Crippen LogP) is 1.56. The molecule has 0 fully saturated rings. The monoisotopic (exact) mass is 247 g/mol. The lowest BCUT2D eigenvalue weighted by molar-refractivity contribution is 0.235. The molecule has 2 N–H and O–H groups in total. The number of nitrogens with zero attached hydrogens (tertiary/aromatic N) is 1. The third-order valence-electron chi connectivity index (χ3n) is 2.86. The maximum atomic E-state index is 5.86. The minimum Gasteiger partial charge on any atom is -0.488 e. The van der Waals surface area contributed by atoms with Crippen molar-refractivity contribution in [2.45, 2.75) is 32.4 Å². The molecule has 4 nitrogen and oxygen atoms in total. The highest BCUT2D eigenvalue weighted by molar-refractivity contribution is 5.79.